The lowest BCUT2D eigenvalue weighted by molar-refractivity contribution is -0.148. The number of ether oxygens (including phenoxy) is 2. The molecule has 0 N–H and O–H groups in total. The molecule has 0 aromatic heterocycles. The van der Waals surface area contributed by atoms with E-state index in [1.165, 1.54) is 7.11 Å². The van der Waals surface area contributed by atoms with Gasteiger partial charge in [-0.15, -0.1) is 0 Å². The van der Waals surface area contributed by atoms with Gasteiger partial charge in [-0.05, 0) is 30.5 Å². The molecule has 1 atom stereocenters. The predicted octanol–water partition coefficient (Wildman–Crippen LogP) is 1.88. The maximum Gasteiger partial charge on any atom is 0.327 e. The van der Waals surface area contributed by atoms with Crippen molar-refractivity contribution in [1.29, 1.82) is 5.26 Å². The SMILES string of the molecule is COC(=O)C(c1cccc(C#N)c1)N1CCC(OC)CC1. The highest BCUT2D eigenvalue weighted by Crippen LogP contribution is 2.27. The largest absolute Gasteiger partial charge is 0.468 e. The number of piperidine rings is 1. The minimum absolute atomic E-state index is 0.255. The summed E-state index contributed by atoms with van der Waals surface area (Å²) in [6.45, 7) is 1.55. The Labute approximate surface area is 125 Å². The lowest BCUT2D eigenvalue weighted by Crippen LogP contribution is -2.42. The Hall–Kier alpha value is -1.90. The Bertz CT molecular complexity index is 531. The monoisotopic (exact) mass is 288 g/mol. The van der Waals surface area contributed by atoms with E-state index in [1.807, 2.05) is 6.07 Å². The summed E-state index contributed by atoms with van der Waals surface area (Å²) in [5.41, 5.74) is 1.35. The van der Waals surface area contributed by atoms with Crippen LogP contribution in [0.15, 0.2) is 24.3 Å². The molecular weight excluding hydrogens is 268 g/mol. The van der Waals surface area contributed by atoms with Crippen LogP contribution in [0.1, 0.15) is 30.0 Å². The van der Waals surface area contributed by atoms with Crippen molar-refractivity contribution in [3.63, 3.8) is 0 Å². The van der Waals surface area contributed by atoms with Crippen molar-refractivity contribution >= 4 is 5.97 Å². The second kappa shape index (κ2) is 7.21. The second-order valence-corrected chi connectivity index (χ2v) is 5.13. The molecule has 5 nitrogen and oxygen atoms in total. The average molecular weight is 288 g/mol. The summed E-state index contributed by atoms with van der Waals surface area (Å²) in [4.78, 5) is 14.3. The van der Waals surface area contributed by atoms with E-state index in [0.29, 0.717) is 5.56 Å². The predicted molar refractivity (Wildman–Crippen MR) is 77.5 cm³/mol. The molecule has 0 aliphatic carbocycles. The van der Waals surface area contributed by atoms with Crippen molar-refractivity contribution in [2.24, 2.45) is 0 Å². The molecule has 1 unspecified atom stereocenters. The zero-order valence-electron chi connectivity index (χ0n) is 12.4. The van der Waals surface area contributed by atoms with E-state index < -0.39 is 6.04 Å². The first kappa shape index (κ1) is 15.5. The molecular formula is C16H20N2O3. The van der Waals surface area contributed by atoms with Gasteiger partial charge in [-0.3, -0.25) is 4.90 Å². The molecule has 1 aromatic carbocycles. The van der Waals surface area contributed by atoms with Gasteiger partial charge in [0.15, 0.2) is 0 Å². The van der Waals surface area contributed by atoms with Crippen molar-refractivity contribution < 1.29 is 14.3 Å². The highest BCUT2D eigenvalue weighted by molar-refractivity contribution is 5.77. The molecule has 0 amide bonds. The number of esters is 1. The van der Waals surface area contributed by atoms with Crippen molar-refractivity contribution in [2.75, 3.05) is 27.3 Å². The van der Waals surface area contributed by atoms with E-state index in [-0.39, 0.29) is 12.1 Å². The number of carbonyl (C=O) groups is 1. The van der Waals surface area contributed by atoms with E-state index in [9.17, 15) is 4.79 Å². The van der Waals surface area contributed by atoms with Crippen LogP contribution in [0.5, 0.6) is 0 Å². The first-order valence-corrected chi connectivity index (χ1v) is 7.04. The zero-order valence-corrected chi connectivity index (χ0v) is 12.4. The third-order valence-electron chi connectivity index (χ3n) is 3.93. The van der Waals surface area contributed by atoms with Gasteiger partial charge in [-0.25, -0.2) is 4.79 Å². The number of nitrogens with zero attached hydrogens (tertiary/aromatic N) is 2. The number of hydrogen-bond acceptors (Lipinski definition) is 5. The highest BCUT2D eigenvalue weighted by atomic mass is 16.5. The molecule has 1 aliphatic heterocycles. The number of rotatable bonds is 4. The van der Waals surface area contributed by atoms with Crippen LogP contribution in [-0.2, 0) is 14.3 Å². The van der Waals surface area contributed by atoms with Gasteiger partial charge >= 0.3 is 5.97 Å². The van der Waals surface area contributed by atoms with Gasteiger partial charge in [0, 0.05) is 20.2 Å². The molecule has 0 bridgehead atoms. The fourth-order valence-electron chi connectivity index (χ4n) is 2.76. The third kappa shape index (κ3) is 3.60. The smallest absolute Gasteiger partial charge is 0.327 e. The fraction of sp³-hybridized carbons (Fsp3) is 0.500. The van der Waals surface area contributed by atoms with Gasteiger partial charge in [0.25, 0.3) is 0 Å². The minimum Gasteiger partial charge on any atom is -0.468 e. The van der Waals surface area contributed by atoms with E-state index in [0.717, 1.165) is 31.5 Å². The van der Waals surface area contributed by atoms with E-state index >= 15 is 0 Å². The van der Waals surface area contributed by atoms with Crippen LogP contribution in [0, 0.1) is 11.3 Å². The van der Waals surface area contributed by atoms with Crippen LogP contribution in [-0.4, -0.2) is 44.3 Å². The number of hydrogen-bond donors (Lipinski definition) is 0. The molecule has 1 aliphatic rings. The Morgan fingerprint density at radius 1 is 1.38 bits per heavy atom. The molecule has 1 heterocycles. The van der Waals surface area contributed by atoms with E-state index in [1.54, 1.807) is 25.3 Å². The number of nitriles is 1. The molecule has 1 aromatic rings. The van der Waals surface area contributed by atoms with Crippen LogP contribution in [0.3, 0.4) is 0 Å². The molecule has 0 saturated carbocycles. The Balaban J connectivity index is 2.23. The van der Waals surface area contributed by atoms with Crippen LogP contribution in [0.25, 0.3) is 0 Å². The standard InChI is InChI=1S/C16H20N2O3/c1-20-14-6-8-18(9-7-14)15(16(19)21-2)13-5-3-4-12(10-13)11-17/h3-5,10,14-15H,6-9H2,1-2H3. The van der Waals surface area contributed by atoms with Crippen molar-refractivity contribution in [2.45, 2.75) is 25.0 Å². The Morgan fingerprint density at radius 3 is 2.67 bits per heavy atom. The number of methoxy groups -OCH3 is 2. The van der Waals surface area contributed by atoms with Gasteiger partial charge in [0.1, 0.15) is 6.04 Å². The van der Waals surface area contributed by atoms with Gasteiger partial charge in [-0.1, -0.05) is 12.1 Å². The molecule has 0 radical (unpaired) electrons. The molecule has 0 spiro atoms. The Morgan fingerprint density at radius 2 is 2.10 bits per heavy atom. The normalized spacial score (nSPS) is 18.0. The lowest BCUT2D eigenvalue weighted by Gasteiger charge is -2.35. The zero-order chi connectivity index (χ0) is 15.2. The van der Waals surface area contributed by atoms with Crippen LogP contribution >= 0.6 is 0 Å². The first-order chi connectivity index (χ1) is 10.2. The van der Waals surface area contributed by atoms with Crippen molar-refractivity contribution in [1.82, 2.24) is 4.90 Å². The molecule has 21 heavy (non-hydrogen) atoms. The number of carbonyl (C=O) groups excluding carboxylic acids is 1. The Kier molecular flexibility index (Phi) is 5.32. The van der Waals surface area contributed by atoms with E-state index in [4.69, 9.17) is 14.7 Å². The van der Waals surface area contributed by atoms with Gasteiger partial charge in [0.05, 0.1) is 24.8 Å². The molecule has 2 rings (SSSR count). The van der Waals surface area contributed by atoms with Crippen molar-refractivity contribution in [3.8, 4) is 6.07 Å². The first-order valence-electron chi connectivity index (χ1n) is 7.04. The maximum atomic E-state index is 12.2. The summed E-state index contributed by atoms with van der Waals surface area (Å²) in [6, 6.07) is 8.80. The fourth-order valence-corrected chi connectivity index (χ4v) is 2.76. The van der Waals surface area contributed by atoms with E-state index in [2.05, 4.69) is 11.0 Å². The van der Waals surface area contributed by atoms with Crippen LogP contribution in [0.4, 0.5) is 0 Å². The molecule has 1 saturated heterocycles. The lowest BCUT2D eigenvalue weighted by atomic mass is 9.99. The molecule has 5 heteroatoms. The molecule has 112 valence electrons. The van der Waals surface area contributed by atoms with Gasteiger partial charge < -0.3 is 9.47 Å². The average Bonchev–Trinajstić information content (AvgIpc) is 2.55. The van der Waals surface area contributed by atoms with Crippen LogP contribution in [0.2, 0.25) is 0 Å². The highest BCUT2D eigenvalue weighted by Gasteiger charge is 2.31. The summed E-state index contributed by atoms with van der Waals surface area (Å²) in [7, 11) is 3.11. The van der Waals surface area contributed by atoms with Gasteiger partial charge in [0.2, 0.25) is 0 Å². The summed E-state index contributed by atoms with van der Waals surface area (Å²) < 4.78 is 10.3. The minimum atomic E-state index is -0.457. The second-order valence-electron chi connectivity index (χ2n) is 5.13. The maximum absolute atomic E-state index is 12.2. The number of benzene rings is 1. The van der Waals surface area contributed by atoms with Gasteiger partial charge in [-0.2, -0.15) is 5.26 Å². The topological polar surface area (TPSA) is 62.6 Å². The summed E-state index contributed by atoms with van der Waals surface area (Å²) in [6.07, 6.45) is 2.04. The summed E-state index contributed by atoms with van der Waals surface area (Å²) >= 11 is 0. The third-order valence-corrected chi connectivity index (χ3v) is 3.93. The summed E-state index contributed by atoms with van der Waals surface area (Å²) in [5, 5.41) is 9.02. The molecule has 1 fully saturated rings. The summed E-state index contributed by atoms with van der Waals surface area (Å²) in [5.74, 6) is -0.291. The van der Waals surface area contributed by atoms with Crippen LogP contribution < -0.4 is 0 Å². The number of likely N-dealkylation sites (tertiary alicyclic amines) is 1. The quantitative estimate of drug-likeness (QED) is 0.792. The van der Waals surface area contributed by atoms with Crippen molar-refractivity contribution in [3.05, 3.63) is 35.4 Å².